The summed E-state index contributed by atoms with van der Waals surface area (Å²) in [5, 5.41) is 8.22. The van der Waals surface area contributed by atoms with Gasteiger partial charge in [-0.05, 0) is 23.4 Å². The van der Waals surface area contributed by atoms with E-state index in [1.807, 2.05) is 24.3 Å². The van der Waals surface area contributed by atoms with Crippen molar-refractivity contribution in [2.75, 3.05) is 23.2 Å². The number of amides is 1. The molecule has 3 rings (SSSR count). The lowest BCUT2D eigenvalue weighted by molar-refractivity contribution is 0.180. The number of hydrogen-bond donors (Lipinski definition) is 2. The summed E-state index contributed by atoms with van der Waals surface area (Å²) in [6.07, 6.45) is 0.459. The predicted octanol–water partition coefficient (Wildman–Crippen LogP) is 3.55. The van der Waals surface area contributed by atoms with E-state index in [-0.39, 0.29) is 6.07 Å². The fourth-order valence-corrected chi connectivity index (χ4v) is 2.58. The van der Waals surface area contributed by atoms with E-state index in [1.165, 1.54) is 5.56 Å². The van der Waals surface area contributed by atoms with Crippen LogP contribution >= 0.6 is 11.6 Å². The molecule has 2 aromatic carbocycles. The minimum absolute atomic E-state index is 0.160. The van der Waals surface area contributed by atoms with E-state index < -0.39 is 6.09 Å². The third-order valence-corrected chi connectivity index (χ3v) is 3.38. The van der Waals surface area contributed by atoms with E-state index >= 15 is 0 Å². The average Bonchev–Trinajstić information content (AvgIpc) is 2.87. The van der Waals surface area contributed by atoms with Gasteiger partial charge in [0.15, 0.2) is 6.07 Å². The van der Waals surface area contributed by atoms with Gasteiger partial charge < -0.3 is 10.1 Å². The van der Waals surface area contributed by atoms with E-state index in [1.54, 1.807) is 0 Å². The van der Waals surface area contributed by atoms with Gasteiger partial charge >= 0.3 is 6.09 Å². The monoisotopic (exact) mass is 276 g/mol. The first-order chi connectivity index (χ1) is 9.29. The number of carbonyl (C=O) groups excluding carboxylic acids is 1. The highest BCUT2D eigenvalue weighted by Gasteiger charge is 2.17. The van der Waals surface area contributed by atoms with Crippen LogP contribution in [-0.2, 0) is 11.2 Å². The molecule has 0 atom stereocenters. The van der Waals surface area contributed by atoms with Gasteiger partial charge in [-0.3, -0.25) is 5.32 Å². The van der Waals surface area contributed by atoms with Gasteiger partial charge in [0.1, 0.15) is 0 Å². The molecule has 4 nitrogen and oxygen atoms in total. The normalized spacial score (nSPS) is 12.9. The van der Waals surface area contributed by atoms with E-state index in [2.05, 4.69) is 16.7 Å². The van der Waals surface area contributed by atoms with Gasteiger partial charge in [0.2, 0.25) is 0 Å². The highest BCUT2D eigenvalue weighted by Crippen LogP contribution is 2.35. The first-order valence-corrected chi connectivity index (χ1v) is 6.61. The zero-order valence-corrected chi connectivity index (χ0v) is 11.0. The summed E-state index contributed by atoms with van der Waals surface area (Å²) in [7, 11) is 0. The summed E-state index contributed by atoms with van der Waals surface area (Å²) < 4.78 is 4.71. The Hall–Kier alpha value is -1.94. The summed E-state index contributed by atoms with van der Waals surface area (Å²) in [6, 6.07) is 9.80. The maximum atomic E-state index is 11.5. The van der Waals surface area contributed by atoms with Crippen molar-refractivity contribution >= 4 is 39.8 Å². The maximum absolute atomic E-state index is 11.5. The number of halogens is 1. The Balaban J connectivity index is 2.09. The van der Waals surface area contributed by atoms with Gasteiger partial charge in [0.25, 0.3) is 0 Å². The highest BCUT2D eigenvalue weighted by atomic mass is 35.5. The number of anilines is 2. The second-order valence-electron chi connectivity index (χ2n) is 4.34. The standard InChI is InChI=1S/C14H13ClN2O2/c15-8-19-14(18)17-13-7-12-11(5-6-16-12)9-3-1-2-4-10(9)13/h1-4,7,16H,5-6,8H2,(H,17,18). The second-order valence-corrected chi connectivity index (χ2v) is 4.56. The van der Waals surface area contributed by atoms with Gasteiger partial charge in [0, 0.05) is 17.6 Å². The Bertz CT molecular complexity index is 643. The molecule has 98 valence electrons. The Morgan fingerprint density at radius 2 is 2.16 bits per heavy atom. The third kappa shape index (κ3) is 2.19. The number of alkyl halides is 1. The van der Waals surface area contributed by atoms with Crippen molar-refractivity contribution in [2.24, 2.45) is 0 Å². The van der Waals surface area contributed by atoms with Gasteiger partial charge in [-0.25, -0.2) is 4.79 Å². The molecule has 1 amide bonds. The van der Waals surface area contributed by atoms with Crippen LogP contribution in [0.1, 0.15) is 5.56 Å². The van der Waals surface area contributed by atoms with Crippen molar-refractivity contribution < 1.29 is 9.53 Å². The fraction of sp³-hybridized carbons (Fsp3) is 0.214. The SMILES string of the molecule is O=C(Nc1cc2c(c3ccccc13)CCN2)OCCl. The van der Waals surface area contributed by atoms with Crippen LogP contribution in [0, 0.1) is 0 Å². The predicted molar refractivity (Wildman–Crippen MR) is 77.0 cm³/mol. The highest BCUT2D eigenvalue weighted by molar-refractivity contribution is 6.17. The number of rotatable bonds is 2. The molecule has 19 heavy (non-hydrogen) atoms. The van der Waals surface area contributed by atoms with E-state index in [0.29, 0.717) is 0 Å². The Morgan fingerprint density at radius 3 is 2.95 bits per heavy atom. The molecule has 0 spiro atoms. The lowest BCUT2D eigenvalue weighted by Gasteiger charge is -2.12. The summed E-state index contributed by atoms with van der Waals surface area (Å²) in [5.74, 6) is 0. The van der Waals surface area contributed by atoms with Gasteiger partial charge in [0.05, 0.1) is 5.69 Å². The number of carbonyl (C=O) groups is 1. The van der Waals surface area contributed by atoms with Crippen LogP contribution in [0.5, 0.6) is 0 Å². The van der Waals surface area contributed by atoms with Crippen molar-refractivity contribution in [3.05, 3.63) is 35.9 Å². The minimum atomic E-state index is -0.543. The fourth-order valence-electron chi connectivity index (χ4n) is 2.48. The zero-order valence-electron chi connectivity index (χ0n) is 10.2. The Labute approximate surface area is 115 Å². The summed E-state index contributed by atoms with van der Waals surface area (Å²) in [6.45, 7) is 0.926. The Kier molecular flexibility index (Phi) is 3.17. The molecular weight excluding hydrogens is 264 g/mol. The minimum Gasteiger partial charge on any atom is -0.433 e. The van der Waals surface area contributed by atoms with Crippen LogP contribution in [0.2, 0.25) is 0 Å². The van der Waals surface area contributed by atoms with Crippen LogP contribution in [0.3, 0.4) is 0 Å². The molecule has 0 saturated heterocycles. The zero-order chi connectivity index (χ0) is 13.2. The quantitative estimate of drug-likeness (QED) is 0.825. The molecule has 1 aliphatic heterocycles. The van der Waals surface area contributed by atoms with Crippen LogP contribution in [0.4, 0.5) is 16.2 Å². The molecule has 1 aliphatic rings. The molecule has 0 saturated carbocycles. The molecule has 0 aromatic heterocycles. The smallest absolute Gasteiger partial charge is 0.412 e. The van der Waals surface area contributed by atoms with Crippen LogP contribution in [-0.4, -0.2) is 18.7 Å². The second kappa shape index (κ2) is 4.97. The number of hydrogen-bond acceptors (Lipinski definition) is 3. The van der Waals surface area contributed by atoms with E-state index in [0.717, 1.165) is 35.1 Å². The molecule has 0 fully saturated rings. The van der Waals surface area contributed by atoms with Crippen LogP contribution in [0.25, 0.3) is 10.8 Å². The van der Waals surface area contributed by atoms with Crippen molar-refractivity contribution in [3.8, 4) is 0 Å². The molecule has 0 unspecified atom stereocenters. The summed E-state index contributed by atoms with van der Waals surface area (Å²) in [4.78, 5) is 11.5. The largest absolute Gasteiger partial charge is 0.433 e. The molecule has 5 heteroatoms. The molecule has 0 bridgehead atoms. The maximum Gasteiger partial charge on any atom is 0.412 e. The molecule has 2 aromatic rings. The first-order valence-electron chi connectivity index (χ1n) is 6.08. The van der Waals surface area contributed by atoms with Gasteiger partial charge in [-0.1, -0.05) is 35.9 Å². The number of nitrogens with one attached hydrogen (secondary N) is 2. The van der Waals surface area contributed by atoms with E-state index in [9.17, 15) is 4.79 Å². The number of benzene rings is 2. The lowest BCUT2D eigenvalue weighted by atomic mass is 10.0. The summed E-state index contributed by atoms with van der Waals surface area (Å²) in [5.41, 5.74) is 3.10. The van der Waals surface area contributed by atoms with Gasteiger partial charge in [-0.15, -0.1) is 0 Å². The van der Waals surface area contributed by atoms with Crippen molar-refractivity contribution in [1.82, 2.24) is 0 Å². The molecule has 2 N–H and O–H groups in total. The molecular formula is C14H13ClN2O2. The average molecular weight is 277 g/mol. The molecule has 0 radical (unpaired) electrons. The number of ether oxygens (including phenoxy) is 1. The topological polar surface area (TPSA) is 50.4 Å². The first kappa shape index (κ1) is 12.1. The van der Waals surface area contributed by atoms with Gasteiger partial charge in [-0.2, -0.15) is 0 Å². The van der Waals surface area contributed by atoms with Crippen molar-refractivity contribution in [2.45, 2.75) is 6.42 Å². The molecule has 0 aliphatic carbocycles. The Morgan fingerprint density at radius 1 is 1.37 bits per heavy atom. The number of fused-ring (bicyclic) bond motifs is 3. The summed E-state index contributed by atoms with van der Waals surface area (Å²) >= 11 is 5.38. The van der Waals surface area contributed by atoms with Crippen molar-refractivity contribution in [3.63, 3.8) is 0 Å². The van der Waals surface area contributed by atoms with Crippen LogP contribution in [0.15, 0.2) is 30.3 Å². The molecule has 1 heterocycles. The van der Waals surface area contributed by atoms with Crippen LogP contribution < -0.4 is 10.6 Å². The van der Waals surface area contributed by atoms with E-state index in [4.69, 9.17) is 16.3 Å². The third-order valence-electron chi connectivity index (χ3n) is 3.27. The lowest BCUT2D eigenvalue weighted by Crippen LogP contribution is -2.13. The van der Waals surface area contributed by atoms with Crippen molar-refractivity contribution in [1.29, 1.82) is 0 Å².